The summed E-state index contributed by atoms with van der Waals surface area (Å²) in [6.45, 7) is 6.10. The number of fused-ring (bicyclic) bond motifs is 1. The van der Waals surface area contributed by atoms with E-state index in [0.29, 0.717) is 24.4 Å². The van der Waals surface area contributed by atoms with E-state index in [4.69, 9.17) is 9.47 Å². The van der Waals surface area contributed by atoms with Crippen LogP contribution in [0.5, 0.6) is 5.75 Å². The van der Waals surface area contributed by atoms with Crippen LogP contribution in [0.2, 0.25) is 0 Å². The lowest BCUT2D eigenvalue weighted by Crippen LogP contribution is -2.21. The largest absolute Gasteiger partial charge is 0.496 e. The molecule has 3 aromatic rings. The van der Waals surface area contributed by atoms with E-state index in [1.165, 1.54) is 19.2 Å². The quantitative estimate of drug-likeness (QED) is 0.538. The molecule has 1 atom stereocenters. The molecule has 0 N–H and O–H groups in total. The highest BCUT2D eigenvalue weighted by atomic mass is 19.4. The maximum Gasteiger partial charge on any atom is 0.419 e. The molecule has 0 aliphatic carbocycles. The number of rotatable bonds is 2. The molecule has 3 heterocycles. The third-order valence-corrected chi connectivity index (χ3v) is 5.22. The Kier molecular flexibility index (Phi) is 5.70. The number of benzene rings is 1. The highest BCUT2D eigenvalue weighted by Gasteiger charge is 2.35. The first kappa shape index (κ1) is 21.9. The van der Waals surface area contributed by atoms with Gasteiger partial charge in [-0.3, -0.25) is 4.98 Å². The smallest absolute Gasteiger partial charge is 0.419 e. The standard InChI is InChI=1S/C24H22F3N3O2/c1-14-9-17(10-15(2)28-14)5-8-21-19-13-32-16(3)11-22(19)30(29-21)18-6-7-20(24(25,26)27)23(12-18)31-4/h6-7,9-10,12,16H,11,13H2,1-4H3/t16-/m0/s1. The molecule has 1 aromatic carbocycles. The number of aryl methyl sites for hydroxylation is 2. The summed E-state index contributed by atoms with van der Waals surface area (Å²) in [6, 6.07) is 7.54. The van der Waals surface area contributed by atoms with Gasteiger partial charge in [0, 0.05) is 35.0 Å². The number of halogens is 3. The molecule has 5 nitrogen and oxygen atoms in total. The molecule has 1 aliphatic rings. The van der Waals surface area contributed by atoms with Crippen molar-refractivity contribution < 1.29 is 22.6 Å². The monoisotopic (exact) mass is 441 g/mol. The maximum atomic E-state index is 13.3. The summed E-state index contributed by atoms with van der Waals surface area (Å²) in [5, 5.41) is 4.63. The van der Waals surface area contributed by atoms with E-state index in [2.05, 4.69) is 21.9 Å². The van der Waals surface area contributed by atoms with Gasteiger partial charge in [-0.1, -0.05) is 5.92 Å². The van der Waals surface area contributed by atoms with E-state index in [-0.39, 0.29) is 11.9 Å². The zero-order valence-electron chi connectivity index (χ0n) is 18.2. The number of aromatic nitrogens is 3. The van der Waals surface area contributed by atoms with Crippen molar-refractivity contribution in [3.8, 4) is 23.3 Å². The van der Waals surface area contributed by atoms with Crippen LogP contribution in [0.4, 0.5) is 13.2 Å². The van der Waals surface area contributed by atoms with Gasteiger partial charge in [0.2, 0.25) is 0 Å². The first-order valence-corrected chi connectivity index (χ1v) is 10.1. The number of alkyl halides is 3. The second-order valence-corrected chi connectivity index (χ2v) is 7.78. The van der Waals surface area contributed by atoms with Gasteiger partial charge in [-0.25, -0.2) is 4.68 Å². The lowest BCUT2D eigenvalue weighted by molar-refractivity contribution is -0.138. The average molecular weight is 441 g/mol. The molecule has 0 radical (unpaired) electrons. The Hall–Kier alpha value is -3.31. The van der Waals surface area contributed by atoms with Crippen LogP contribution >= 0.6 is 0 Å². The van der Waals surface area contributed by atoms with Gasteiger partial charge in [0.15, 0.2) is 0 Å². The summed E-state index contributed by atoms with van der Waals surface area (Å²) in [5.41, 5.74) is 4.46. The fourth-order valence-electron chi connectivity index (χ4n) is 3.80. The van der Waals surface area contributed by atoms with Gasteiger partial charge in [0.05, 0.1) is 36.8 Å². The molecule has 0 spiro atoms. The topological polar surface area (TPSA) is 49.2 Å². The van der Waals surface area contributed by atoms with Gasteiger partial charge in [-0.2, -0.15) is 18.3 Å². The highest BCUT2D eigenvalue weighted by Crippen LogP contribution is 2.37. The van der Waals surface area contributed by atoms with Gasteiger partial charge in [0.25, 0.3) is 0 Å². The number of ether oxygens (including phenoxy) is 2. The molecule has 0 unspecified atom stereocenters. The van der Waals surface area contributed by atoms with Crippen LogP contribution in [0, 0.1) is 25.7 Å². The number of nitrogens with zero attached hydrogens (tertiary/aromatic N) is 3. The highest BCUT2D eigenvalue weighted by molar-refractivity contribution is 5.51. The predicted molar refractivity (Wildman–Crippen MR) is 113 cm³/mol. The van der Waals surface area contributed by atoms with Gasteiger partial charge < -0.3 is 9.47 Å². The SMILES string of the molecule is COc1cc(-n2nc(C#Cc3cc(C)nc(C)c3)c3c2C[C@H](C)OC3)ccc1C(F)(F)F. The van der Waals surface area contributed by atoms with Crippen molar-refractivity contribution >= 4 is 0 Å². The zero-order valence-corrected chi connectivity index (χ0v) is 18.2. The molecule has 4 rings (SSSR count). The molecule has 0 bridgehead atoms. The van der Waals surface area contributed by atoms with E-state index in [9.17, 15) is 13.2 Å². The summed E-state index contributed by atoms with van der Waals surface area (Å²) in [5.74, 6) is 5.98. The molecule has 32 heavy (non-hydrogen) atoms. The van der Waals surface area contributed by atoms with Gasteiger partial charge in [-0.15, -0.1) is 0 Å². The van der Waals surface area contributed by atoms with Crippen molar-refractivity contribution in [2.24, 2.45) is 0 Å². The second-order valence-electron chi connectivity index (χ2n) is 7.78. The van der Waals surface area contributed by atoms with Crippen molar-refractivity contribution in [3.63, 3.8) is 0 Å². The molecule has 8 heteroatoms. The Morgan fingerprint density at radius 1 is 1.12 bits per heavy atom. The van der Waals surface area contributed by atoms with Crippen LogP contribution in [0.15, 0.2) is 30.3 Å². The van der Waals surface area contributed by atoms with Crippen LogP contribution in [0.1, 0.15) is 46.4 Å². The first-order chi connectivity index (χ1) is 15.2. The zero-order chi connectivity index (χ0) is 23.0. The Bertz CT molecular complexity index is 1220. The number of pyridine rings is 1. The third-order valence-electron chi connectivity index (χ3n) is 5.22. The summed E-state index contributed by atoms with van der Waals surface area (Å²) in [6.07, 6.45) is -3.98. The van der Waals surface area contributed by atoms with E-state index in [0.717, 1.165) is 34.3 Å². The summed E-state index contributed by atoms with van der Waals surface area (Å²) >= 11 is 0. The van der Waals surface area contributed by atoms with Crippen molar-refractivity contribution in [3.05, 3.63) is 69.8 Å². The maximum absolute atomic E-state index is 13.3. The Labute approximate surface area is 184 Å². The fourth-order valence-corrected chi connectivity index (χ4v) is 3.80. The number of methoxy groups -OCH3 is 1. The predicted octanol–water partition coefficient (Wildman–Crippen LogP) is 4.77. The number of hydrogen-bond donors (Lipinski definition) is 0. The molecule has 0 saturated carbocycles. The first-order valence-electron chi connectivity index (χ1n) is 10.1. The van der Waals surface area contributed by atoms with Crippen molar-refractivity contribution in [1.82, 2.24) is 14.8 Å². The van der Waals surface area contributed by atoms with Crippen LogP contribution in [0.3, 0.4) is 0 Å². The van der Waals surface area contributed by atoms with Gasteiger partial charge in [0.1, 0.15) is 11.4 Å². The van der Waals surface area contributed by atoms with E-state index in [1.54, 1.807) is 4.68 Å². The summed E-state index contributed by atoms with van der Waals surface area (Å²) in [7, 11) is 1.22. The minimum atomic E-state index is -4.51. The normalized spacial score (nSPS) is 15.7. The van der Waals surface area contributed by atoms with Crippen LogP contribution in [-0.4, -0.2) is 28.0 Å². The second kappa shape index (κ2) is 8.32. The summed E-state index contributed by atoms with van der Waals surface area (Å²) in [4.78, 5) is 4.35. The molecular formula is C24H22F3N3O2. The Morgan fingerprint density at radius 2 is 1.84 bits per heavy atom. The minimum absolute atomic E-state index is 0.0411. The Morgan fingerprint density at radius 3 is 2.50 bits per heavy atom. The molecule has 2 aromatic heterocycles. The molecular weight excluding hydrogens is 419 g/mol. The van der Waals surface area contributed by atoms with Gasteiger partial charge in [-0.05, 0) is 51.0 Å². The van der Waals surface area contributed by atoms with Crippen molar-refractivity contribution in [1.29, 1.82) is 0 Å². The Balaban J connectivity index is 1.81. The third kappa shape index (κ3) is 4.34. The van der Waals surface area contributed by atoms with Gasteiger partial charge >= 0.3 is 6.18 Å². The van der Waals surface area contributed by atoms with Crippen molar-refractivity contribution in [2.75, 3.05) is 7.11 Å². The lowest BCUT2D eigenvalue weighted by Gasteiger charge is -2.21. The molecule has 1 aliphatic heterocycles. The van der Waals surface area contributed by atoms with Crippen molar-refractivity contribution in [2.45, 2.75) is 46.1 Å². The minimum Gasteiger partial charge on any atom is -0.496 e. The fraction of sp³-hybridized carbons (Fsp3) is 0.333. The van der Waals surface area contributed by atoms with E-state index < -0.39 is 11.7 Å². The molecule has 0 amide bonds. The summed E-state index contributed by atoms with van der Waals surface area (Å²) < 4.78 is 52.3. The molecule has 0 saturated heterocycles. The van der Waals surface area contributed by atoms with Crippen LogP contribution < -0.4 is 4.74 Å². The van der Waals surface area contributed by atoms with Crippen LogP contribution in [0.25, 0.3) is 5.69 Å². The molecule has 166 valence electrons. The van der Waals surface area contributed by atoms with E-state index >= 15 is 0 Å². The molecule has 0 fully saturated rings. The van der Waals surface area contributed by atoms with E-state index in [1.807, 2.05) is 32.9 Å². The average Bonchev–Trinajstić information content (AvgIpc) is 3.08. The lowest BCUT2D eigenvalue weighted by atomic mass is 10.0. The van der Waals surface area contributed by atoms with Crippen LogP contribution in [-0.2, 0) is 23.9 Å². The number of hydrogen-bond acceptors (Lipinski definition) is 4.